The third-order valence-corrected chi connectivity index (χ3v) is 3.70. The molecule has 0 atom stereocenters. The normalized spacial score (nSPS) is 10.2. The molecule has 0 saturated carbocycles. The number of hydrogen-bond donors (Lipinski definition) is 1. The topological polar surface area (TPSA) is 81.5 Å². The number of anilines is 1. The predicted molar refractivity (Wildman–Crippen MR) is 98.7 cm³/mol. The zero-order valence-corrected chi connectivity index (χ0v) is 14.0. The van der Waals surface area contributed by atoms with Crippen LogP contribution in [-0.2, 0) is 0 Å². The van der Waals surface area contributed by atoms with Crippen molar-refractivity contribution in [3.05, 3.63) is 94.0 Å². The van der Waals surface area contributed by atoms with E-state index in [0.717, 1.165) is 5.56 Å². The Labute approximate surface area is 150 Å². The zero-order valence-electron chi connectivity index (χ0n) is 14.0. The fourth-order valence-electron chi connectivity index (χ4n) is 2.35. The molecule has 1 N–H and O–H groups in total. The number of carbonyl (C=O) groups excluding carboxylic acids is 1. The molecular formula is C20H16N2O4. The molecule has 0 aliphatic rings. The molecule has 0 aliphatic carbocycles. The van der Waals surface area contributed by atoms with Crippen LogP contribution in [-0.4, -0.2) is 10.8 Å². The molecule has 0 unspecified atom stereocenters. The summed E-state index contributed by atoms with van der Waals surface area (Å²) >= 11 is 0. The third-order valence-electron chi connectivity index (χ3n) is 3.70. The Morgan fingerprint density at radius 2 is 1.73 bits per heavy atom. The van der Waals surface area contributed by atoms with Gasteiger partial charge in [0.2, 0.25) is 0 Å². The van der Waals surface area contributed by atoms with Crippen LogP contribution in [0.25, 0.3) is 0 Å². The summed E-state index contributed by atoms with van der Waals surface area (Å²) < 4.78 is 5.84. The molecule has 3 aromatic rings. The number of nitrogens with one attached hydrogen (secondary N) is 1. The Bertz CT molecular complexity index is 952. The Kier molecular flexibility index (Phi) is 4.94. The second-order valence-corrected chi connectivity index (χ2v) is 5.67. The first-order valence-electron chi connectivity index (χ1n) is 7.92. The summed E-state index contributed by atoms with van der Waals surface area (Å²) in [5.41, 5.74) is 1.65. The number of nitro groups is 1. The van der Waals surface area contributed by atoms with E-state index in [0.29, 0.717) is 17.2 Å². The smallest absolute Gasteiger partial charge is 0.270 e. The fraction of sp³-hybridized carbons (Fsp3) is 0.0500. The van der Waals surface area contributed by atoms with E-state index in [4.69, 9.17) is 4.74 Å². The second-order valence-electron chi connectivity index (χ2n) is 5.67. The number of benzene rings is 3. The summed E-state index contributed by atoms with van der Waals surface area (Å²) in [5.74, 6) is 0.677. The molecule has 6 nitrogen and oxygen atoms in total. The van der Waals surface area contributed by atoms with Crippen molar-refractivity contribution in [1.29, 1.82) is 0 Å². The Morgan fingerprint density at radius 1 is 1.00 bits per heavy atom. The van der Waals surface area contributed by atoms with Crippen LogP contribution in [0.15, 0.2) is 72.8 Å². The number of nitrogens with zero attached hydrogens (tertiary/aromatic N) is 1. The number of rotatable bonds is 5. The molecule has 0 aromatic heterocycles. The van der Waals surface area contributed by atoms with Crippen molar-refractivity contribution in [2.45, 2.75) is 6.92 Å². The van der Waals surface area contributed by atoms with Crippen LogP contribution >= 0.6 is 0 Å². The van der Waals surface area contributed by atoms with Crippen LogP contribution in [0.5, 0.6) is 11.5 Å². The highest BCUT2D eigenvalue weighted by molar-refractivity contribution is 6.05. The first-order chi connectivity index (χ1) is 12.5. The van der Waals surface area contributed by atoms with E-state index in [1.807, 2.05) is 31.2 Å². The van der Waals surface area contributed by atoms with E-state index in [1.165, 1.54) is 24.3 Å². The van der Waals surface area contributed by atoms with Crippen LogP contribution in [0, 0.1) is 17.0 Å². The lowest BCUT2D eigenvalue weighted by Gasteiger charge is -2.12. The lowest BCUT2D eigenvalue weighted by Crippen LogP contribution is -2.12. The highest BCUT2D eigenvalue weighted by atomic mass is 16.6. The van der Waals surface area contributed by atoms with Gasteiger partial charge in [0, 0.05) is 17.7 Å². The number of carbonyl (C=O) groups is 1. The zero-order chi connectivity index (χ0) is 18.5. The van der Waals surface area contributed by atoms with Crippen LogP contribution < -0.4 is 10.1 Å². The van der Waals surface area contributed by atoms with E-state index in [2.05, 4.69) is 5.32 Å². The summed E-state index contributed by atoms with van der Waals surface area (Å²) in [7, 11) is 0. The summed E-state index contributed by atoms with van der Waals surface area (Å²) in [6.07, 6.45) is 0. The molecule has 0 radical (unpaired) electrons. The first kappa shape index (κ1) is 17.2. The molecule has 0 saturated heterocycles. The Morgan fingerprint density at radius 3 is 2.46 bits per heavy atom. The van der Waals surface area contributed by atoms with Gasteiger partial charge in [-0.3, -0.25) is 14.9 Å². The third kappa shape index (κ3) is 4.05. The number of para-hydroxylation sites is 2. The Balaban J connectivity index is 1.81. The van der Waals surface area contributed by atoms with Gasteiger partial charge in [-0.25, -0.2) is 0 Å². The van der Waals surface area contributed by atoms with Crippen LogP contribution in [0.3, 0.4) is 0 Å². The van der Waals surface area contributed by atoms with Gasteiger partial charge in [0.25, 0.3) is 11.6 Å². The van der Waals surface area contributed by atoms with Crippen molar-refractivity contribution >= 4 is 17.3 Å². The Hall–Kier alpha value is -3.67. The largest absolute Gasteiger partial charge is 0.455 e. The molecule has 0 bridgehead atoms. The van der Waals surface area contributed by atoms with Gasteiger partial charge >= 0.3 is 0 Å². The molecule has 0 heterocycles. The minimum Gasteiger partial charge on any atom is -0.455 e. The number of nitro benzene ring substituents is 1. The lowest BCUT2D eigenvalue weighted by atomic mass is 10.2. The minimum absolute atomic E-state index is 0.137. The maximum absolute atomic E-state index is 12.4. The van der Waals surface area contributed by atoms with Crippen molar-refractivity contribution in [1.82, 2.24) is 0 Å². The highest BCUT2D eigenvalue weighted by Gasteiger charge is 2.13. The van der Waals surface area contributed by atoms with Gasteiger partial charge in [-0.2, -0.15) is 0 Å². The summed E-state index contributed by atoms with van der Waals surface area (Å²) in [5, 5.41) is 13.6. The fourth-order valence-corrected chi connectivity index (χ4v) is 2.35. The van der Waals surface area contributed by atoms with Crippen molar-refractivity contribution in [2.75, 3.05) is 5.32 Å². The van der Waals surface area contributed by atoms with Gasteiger partial charge in [0.1, 0.15) is 5.75 Å². The molecule has 130 valence electrons. The maximum Gasteiger partial charge on any atom is 0.270 e. The molecule has 3 aromatic carbocycles. The first-order valence-corrected chi connectivity index (χ1v) is 7.92. The average molecular weight is 348 g/mol. The van der Waals surface area contributed by atoms with Crippen molar-refractivity contribution in [3.8, 4) is 11.5 Å². The molecule has 1 amide bonds. The van der Waals surface area contributed by atoms with Gasteiger partial charge in [-0.05, 0) is 37.3 Å². The van der Waals surface area contributed by atoms with E-state index in [9.17, 15) is 14.9 Å². The summed E-state index contributed by atoms with van der Waals surface area (Å²) in [6, 6.07) is 20.1. The number of amides is 1. The maximum atomic E-state index is 12.4. The van der Waals surface area contributed by atoms with Gasteiger partial charge in [-0.15, -0.1) is 0 Å². The minimum atomic E-state index is -0.536. The average Bonchev–Trinajstić information content (AvgIpc) is 2.65. The SMILES string of the molecule is Cc1ccc(Oc2ccccc2NC(=O)c2cccc([N+](=O)[O-])c2)cc1. The standard InChI is InChI=1S/C20H16N2O4/c1-14-9-11-17(12-10-14)26-19-8-3-2-7-18(19)21-20(23)15-5-4-6-16(13-15)22(24)25/h2-13H,1H3,(H,21,23). The number of aryl methyl sites for hydroxylation is 1. The number of hydrogen-bond acceptors (Lipinski definition) is 4. The molecule has 6 heteroatoms. The van der Waals surface area contributed by atoms with Gasteiger partial charge in [-0.1, -0.05) is 35.9 Å². The molecular weight excluding hydrogens is 332 g/mol. The van der Waals surface area contributed by atoms with E-state index < -0.39 is 10.8 Å². The van der Waals surface area contributed by atoms with E-state index in [1.54, 1.807) is 24.3 Å². The molecule has 3 rings (SSSR count). The van der Waals surface area contributed by atoms with Crippen LogP contribution in [0.1, 0.15) is 15.9 Å². The molecule has 26 heavy (non-hydrogen) atoms. The van der Waals surface area contributed by atoms with E-state index in [-0.39, 0.29) is 11.3 Å². The highest BCUT2D eigenvalue weighted by Crippen LogP contribution is 2.30. The number of non-ortho nitro benzene ring substituents is 1. The van der Waals surface area contributed by atoms with E-state index >= 15 is 0 Å². The van der Waals surface area contributed by atoms with Gasteiger partial charge < -0.3 is 10.1 Å². The van der Waals surface area contributed by atoms with Crippen molar-refractivity contribution < 1.29 is 14.5 Å². The summed E-state index contributed by atoms with van der Waals surface area (Å²) in [6.45, 7) is 1.98. The second kappa shape index (κ2) is 7.48. The lowest BCUT2D eigenvalue weighted by molar-refractivity contribution is -0.384. The van der Waals surface area contributed by atoms with Gasteiger partial charge in [0.05, 0.1) is 10.6 Å². The van der Waals surface area contributed by atoms with Crippen LogP contribution in [0.4, 0.5) is 11.4 Å². The quantitative estimate of drug-likeness (QED) is 0.522. The predicted octanol–water partition coefficient (Wildman–Crippen LogP) is 4.95. The molecule has 0 aliphatic heterocycles. The molecule has 0 spiro atoms. The van der Waals surface area contributed by atoms with Crippen LogP contribution in [0.2, 0.25) is 0 Å². The van der Waals surface area contributed by atoms with Crippen molar-refractivity contribution in [3.63, 3.8) is 0 Å². The monoisotopic (exact) mass is 348 g/mol. The van der Waals surface area contributed by atoms with Gasteiger partial charge in [0.15, 0.2) is 5.75 Å². The summed E-state index contributed by atoms with van der Waals surface area (Å²) in [4.78, 5) is 22.8. The molecule has 0 fully saturated rings. The number of ether oxygens (including phenoxy) is 1. The van der Waals surface area contributed by atoms with Crippen molar-refractivity contribution in [2.24, 2.45) is 0 Å².